The monoisotopic (exact) mass is 367 g/mol. The molecule has 0 saturated carbocycles. The van der Waals surface area contributed by atoms with Crippen molar-refractivity contribution < 1.29 is 23.5 Å². The summed E-state index contributed by atoms with van der Waals surface area (Å²) in [6.07, 6.45) is 3.46. The molecule has 8 heteroatoms. The zero-order valence-corrected chi connectivity index (χ0v) is 14.3. The van der Waals surface area contributed by atoms with Gasteiger partial charge in [0.25, 0.3) is 5.91 Å². The number of esters is 1. The quantitative estimate of drug-likeness (QED) is 0.636. The number of nitrogens with zero attached hydrogens (tertiary/aromatic N) is 2. The van der Waals surface area contributed by atoms with E-state index in [0.717, 1.165) is 5.56 Å². The van der Waals surface area contributed by atoms with Crippen LogP contribution in [-0.4, -0.2) is 34.2 Å². The van der Waals surface area contributed by atoms with Crippen molar-refractivity contribution in [1.82, 2.24) is 15.1 Å². The van der Waals surface area contributed by atoms with Gasteiger partial charge in [0.1, 0.15) is 5.76 Å². The highest BCUT2D eigenvalue weighted by Gasteiger charge is 2.16. The molecule has 0 aliphatic rings. The summed E-state index contributed by atoms with van der Waals surface area (Å²) in [7, 11) is 0. The minimum absolute atomic E-state index is 0.0273. The van der Waals surface area contributed by atoms with E-state index in [4.69, 9.17) is 9.15 Å². The van der Waals surface area contributed by atoms with Gasteiger partial charge in [0.2, 0.25) is 11.7 Å². The highest BCUT2D eigenvalue weighted by Crippen LogP contribution is 2.10. The molecule has 0 unspecified atom stereocenters. The van der Waals surface area contributed by atoms with E-state index in [9.17, 15) is 14.4 Å². The van der Waals surface area contributed by atoms with Crippen LogP contribution in [0.4, 0.5) is 0 Å². The molecule has 3 aromatic rings. The van der Waals surface area contributed by atoms with Gasteiger partial charge >= 0.3 is 5.97 Å². The summed E-state index contributed by atoms with van der Waals surface area (Å²) in [5.41, 5.74) is 0.778. The topological polar surface area (TPSA) is 103 Å². The van der Waals surface area contributed by atoms with Crippen LogP contribution in [0, 0.1) is 0 Å². The second-order valence-corrected chi connectivity index (χ2v) is 5.68. The molecule has 0 bridgehead atoms. The SMILES string of the molecule is O=C(COC(=O)c1ccc(Cn2cccn2)o1)NC(=O)Cc1ccccc1. The summed E-state index contributed by atoms with van der Waals surface area (Å²) in [5.74, 6) is -1.46. The van der Waals surface area contributed by atoms with Gasteiger partial charge in [-0.15, -0.1) is 0 Å². The van der Waals surface area contributed by atoms with Crippen LogP contribution in [0.5, 0.6) is 0 Å². The smallest absolute Gasteiger partial charge is 0.374 e. The van der Waals surface area contributed by atoms with Gasteiger partial charge in [-0.25, -0.2) is 4.79 Å². The molecule has 0 spiro atoms. The number of rotatable bonds is 7. The Hall–Kier alpha value is -3.68. The molecule has 2 heterocycles. The van der Waals surface area contributed by atoms with Crippen molar-refractivity contribution in [3.63, 3.8) is 0 Å². The van der Waals surface area contributed by atoms with E-state index in [2.05, 4.69) is 10.4 Å². The molecule has 138 valence electrons. The van der Waals surface area contributed by atoms with E-state index in [1.165, 1.54) is 6.07 Å². The number of benzene rings is 1. The molecule has 2 aromatic heterocycles. The first-order chi connectivity index (χ1) is 13.1. The maximum Gasteiger partial charge on any atom is 0.374 e. The largest absolute Gasteiger partial charge is 0.452 e. The van der Waals surface area contributed by atoms with Crippen LogP contribution in [0.15, 0.2) is 65.3 Å². The molecule has 27 heavy (non-hydrogen) atoms. The molecule has 8 nitrogen and oxygen atoms in total. The Balaban J connectivity index is 1.44. The second kappa shape index (κ2) is 8.61. The number of amides is 2. The lowest BCUT2D eigenvalue weighted by molar-refractivity contribution is -0.132. The van der Waals surface area contributed by atoms with Crippen LogP contribution < -0.4 is 5.32 Å². The number of hydrogen-bond acceptors (Lipinski definition) is 6. The highest BCUT2D eigenvalue weighted by molar-refractivity contribution is 5.97. The van der Waals surface area contributed by atoms with Gasteiger partial charge in [0, 0.05) is 12.4 Å². The molecule has 0 atom stereocenters. The third-order valence-electron chi connectivity index (χ3n) is 3.56. The summed E-state index contributed by atoms with van der Waals surface area (Å²) in [4.78, 5) is 35.5. The zero-order chi connectivity index (χ0) is 19.1. The third-order valence-corrected chi connectivity index (χ3v) is 3.56. The number of nitrogens with one attached hydrogen (secondary N) is 1. The van der Waals surface area contributed by atoms with Crippen LogP contribution >= 0.6 is 0 Å². The minimum Gasteiger partial charge on any atom is -0.452 e. The zero-order valence-electron chi connectivity index (χ0n) is 14.3. The number of imide groups is 1. The number of aromatic nitrogens is 2. The molecular formula is C19H17N3O5. The molecule has 0 aliphatic carbocycles. The lowest BCUT2D eigenvalue weighted by Gasteiger charge is -2.05. The number of hydrogen-bond donors (Lipinski definition) is 1. The first kappa shape index (κ1) is 18.1. The molecule has 1 N–H and O–H groups in total. The standard InChI is InChI=1S/C19H17N3O5/c23-17(11-14-5-2-1-3-6-14)21-18(24)13-26-19(25)16-8-7-15(27-16)12-22-10-4-9-20-22/h1-10H,11-13H2,(H,21,23,24). The van der Waals surface area contributed by atoms with E-state index >= 15 is 0 Å². The normalized spacial score (nSPS) is 10.4. The van der Waals surface area contributed by atoms with Gasteiger partial charge in [0.05, 0.1) is 13.0 Å². The van der Waals surface area contributed by atoms with Crippen molar-refractivity contribution in [1.29, 1.82) is 0 Å². The fourth-order valence-corrected chi connectivity index (χ4v) is 2.35. The fourth-order valence-electron chi connectivity index (χ4n) is 2.35. The maximum atomic E-state index is 11.9. The summed E-state index contributed by atoms with van der Waals surface area (Å²) in [6.45, 7) is -0.205. The van der Waals surface area contributed by atoms with Crippen LogP contribution in [-0.2, 0) is 27.3 Å². The van der Waals surface area contributed by atoms with Crippen LogP contribution in [0.3, 0.4) is 0 Å². The number of carbonyl (C=O) groups excluding carboxylic acids is 3. The molecule has 1 aromatic carbocycles. The number of furan rings is 1. The lowest BCUT2D eigenvalue weighted by atomic mass is 10.1. The van der Waals surface area contributed by atoms with Gasteiger partial charge in [-0.3, -0.25) is 19.6 Å². The minimum atomic E-state index is -0.785. The number of carbonyl (C=O) groups is 3. The maximum absolute atomic E-state index is 11.9. The van der Waals surface area contributed by atoms with Gasteiger partial charge in [-0.05, 0) is 23.8 Å². The van der Waals surface area contributed by atoms with Crippen LogP contribution in [0.1, 0.15) is 21.9 Å². The highest BCUT2D eigenvalue weighted by atomic mass is 16.5. The predicted octanol–water partition coefficient (Wildman–Crippen LogP) is 1.57. The predicted molar refractivity (Wildman–Crippen MR) is 93.6 cm³/mol. The fraction of sp³-hybridized carbons (Fsp3) is 0.158. The van der Waals surface area contributed by atoms with Crippen molar-refractivity contribution >= 4 is 17.8 Å². The van der Waals surface area contributed by atoms with E-state index in [1.807, 2.05) is 6.07 Å². The second-order valence-electron chi connectivity index (χ2n) is 5.68. The van der Waals surface area contributed by atoms with Crippen LogP contribution in [0.25, 0.3) is 0 Å². The third kappa shape index (κ3) is 5.40. The summed E-state index contributed by atoms with van der Waals surface area (Å²) in [6, 6.07) is 13.9. The summed E-state index contributed by atoms with van der Waals surface area (Å²) < 4.78 is 11.9. The van der Waals surface area contributed by atoms with Gasteiger partial charge in [-0.1, -0.05) is 30.3 Å². The molecule has 0 fully saturated rings. The van der Waals surface area contributed by atoms with Crippen molar-refractivity contribution in [2.45, 2.75) is 13.0 Å². The average Bonchev–Trinajstić information content (AvgIpc) is 3.33. The molecule has 0 saturated heterocycles. The van der Waals surface area contributed by atoms with E-state index in [0.29, 0.717) is 12.3 Å². The van der Waals surface area contributed by atoms with E-state index < -0.39 is 24.4 Å². The Kier molecular flexibility index (Phi) is 5.78. The Morgan fingerprint density at radius 2 is 1.85 bits per heavy atom. The van der Waals surface area contributed by atoms with Gasteiger partial charge in [0.15, 0.2) is 6.61 Å². The van der Waals surface area contributed by atoms with E-state index in [1.54, 1.807) is 53.5 Å². The summed E-state index contributed by atoms with van der Waals surface area (Å²) in [5, 5.41) is 6.21. The molecule has 2 amide bonds. The lowest BCUT2D eigenvalue weighted by Crippen LogP contribution is -2.35. The van der Waals surface area contributed by atoms with Crippen molar-refractivity contribution in [2.75, 3.05) is 6.61 Å². The van der Waals surface area contributed by atoms with Crippen molar-refractivity contribution in [3.8, 4) is 0 Å². The van der Waals surface area contributed by atoms with Gasteiger partial charge in [-0.2, -0.15) is 5.10 Å². The van der Waals surface area contributed by atoms with Crippen molar-refractivity contribution in [2.24, 2.45) is 0 Å². The van der Waals surface area contributed by atoms with Crippen LogP contribution in [0.2, 0.25) is 0 Å². The Bertz CT molecular complexity index is 916. The van der Waals surface area contributed by atoms with E-state index in [-0.39, 0.29) is 12.2 Å². The molecule has 0 radical (unpaired) electrons. The summed E-state index contributed by atoms with van der Waals surface area (Å²) >= 11 is 0. The molecule has 0 aliphatic heterocycles. The number of ether oxygens (including phenoxy) is 1. The van der Waals surface area contributed by atoms with Crippen molar-refractivity contribution in [3.05, 3.63) is 78.0 Å². The molecular weight excluding hydrogens is 350 g/mol. The first-order valence-electron chi connectivity index (χ1n) is 8.20. The Morgan fingerprint density at radius 1 is 1.04 bits per heavy atom. The Morgan fingerprint density at radius 3 is 2.59 bits per heavy atom. The van der Waals surface area contributed by atoms with Gasteiger partial charge < -0.3 is 9.15 Å². The molecule has 3 rings (SSSR count). The average molecular weight is 367 g/mol. The first-order valence-corrected chi connectivity index (χ1v) is 8.20. The Labute approximate surface area is 154 Å².